The number of hydrogen-bond donors (Lipinski definition) is 2. The van der Waals surface area contributed by atoms with E-state index in [0.717, 1.165) is 51.4 Å². The van der Waals surface area contributed by atoms with Crippen molar-refractivity contribution >= 4 is 10.1 Å². The smallest absolute Gasteiger partial charge is 0.267 e. The minimum absolute atomic E-state index is 0.155. The molecule has 0 saturated heterocycles. The van der Waals surface area contributed by atoms with Crippen LogP contribution in [0.15, 0.2) is 0 Å². The molecule has 0 bridgehead atoms. The van der Waals surface area contributed by atoms with Crippen molar-refractivity contribution in [1.29, 1.82) is 0 Å². The van der Waals surface area contributed by atoms with Crippen LogP contribution in [0.3, 0.4) is 0 Å². The molecule has 0 aliphatic rings. The lowest BCUT2D eigenvalue weighted by Crippen LogP contribution is -2.19. The molecular weight excluding hydrogens is 372 g/mol. The van der Waals surface area contributed by atoms with Crippen molar-refractivity contribution in [1.82, 2.24) is 0 Å². The molecule has 0 saturated carbocycles. The van der Waals surface area contributed by atoms with E-state index in [1.165, 1.54) is 57.8 Å². The summed E-state index contributed by atoms with van der Waals surface area (Å²) in [7, 11) is -3.88. The highest BCUT2D eigenvalue weighted by Gasteiger charge is 2.19. The lowest BCUT2D eigenvalue weighted by atomic mass is 10.0. The zero-order valence-electron chi connectivity index (χ0n) is 18.7. The molecule has 0 fully saturated rings. The van der Waals surface area contributed by atoms with Crippen LogP contribution in [0, 0.1) is 0 Å². The third-order valence-electron chi connectivity index (χ3n) is 5.83. The van der Waals surface area contributed by atoms with Crippen LogP contribution in [0.1, 0.15) is 136 Å². The van der Waals surface area contributed by atoms with Gasteiger partial charge in [0.2, 0.25) is 0 Å². The Bertz CT molecular complexity index is 422. The van der Waals surface area contributed by atoms with Crippen LogP contribution < -0.4 is 0 Å². The van der Waals surface area contributed by atoms with E-state index in [1.54, 1.807) is 6.92 Å². The average Bonchev–Trinajstić information content (AvgIpc) is 2.64. The van der Waals surface area contributed by atoms with Crippen molar-refractivity contribution in [2.45, 2.75) is 147 Å². The van der Waals surface area contributed by atoms with Gasteiger partial charge in [0.25, 0.3) is 10.1 Å². The highest BCUT2D eigenvalue weighted by atomic mass is 32.2. The summed E-state index contributed by atoms with van der Waals surface area (Å²) < 4.78 is 31.4. The predicted octanol–water partition coefficient (Wildman–Crippen LogP) is 7.06. The number of hydrogen-bond acceptors (Lipinski definition) is 3. The second-order valence-electron chi connectivity index (χ2n) is 8.51. The standard InChI is InChI=1S/C23H48O4S/c1-3-5-6-7-8-9-10-11-13-16-19-22(24)20-17-14-12-15-18-21-23(4-2)28(25,26)27/h22-24H,3-21H2,1-2H3,(H,25,26,27). The fraction of sp³-hybridized carbons (Fsp3) is 1.00. The summed E-state index contributed by atoms with van der Waals surface area (Å²) in [4.78, 5) is 0. The fourth-order valence-electron chi connectivity index (χ4n) is 3.86. The molecule has 0 aliphatic carbocycles. The largest absolute Gasteiger partial charge is 0.393 e. The number of aliphatic hydroxyl groups excluding tert-OH is 1. The maximum atomic E-state index is 11.1. The first-order valence-electron chi connectivity index (χ1n) is 12.1. The Labute approximate surface area is 175 Å². The molecule has 170 valence electrons. The van der Waals surface area contributed by atoms with Crippen LogP contribution in [-0.2, 0) is 10.1 Å². The van der Waals surface area contributed by atoms with E-state index in [-0.39, 0.29) is 6.10 Å². The van der Waals surface area contributed by atoms with Crippen LogP contribution in [0.5, 0.6) is 0 Å². The molecule has 0 aliphatic heterocycles. The van der Waals surface area contributed by atoms with Gasteiger partial charge in [0.1, 0.15) is 0 Å². The summed E-state index contributed by atoms with van der Waals surface area (Å²) in [6.07, 6.45) is 21.1. The molecular formula is C23H48O4S. The highest BCUT2D eigenvalue weighted by molar-refractivity contribution is 7.86. The minimum Gasteiger partial charge on any atom is -0.393 e. The van der Waals surface area contributed by atoms with Crippen molar-refractivity contribution < 1.29 is 18.1 Å². The maximum absolute atomic E-state index is 11.1. The monoisotopic (exact) mass is 420 g/mol. The molecule has 0 rings (SSSR count). The molecule has 0 aromatic carbocycles. The first kappa shape index (κ1) is 27.9. The summed E-state index contributed by atoms with van der Waals surface area (Å²) >= 11 is 0. The number of aliphatic hydroxyl groups is 1. The summed E-state index contributed by atoms with van der Waals surface area (Å²) in [5, 5.41) is 9.47. The highest BCUT2D eigenvalue weighted by Crippen LogP contribution is 2.17. The van der Waals surface area contributed by atoms with E-state index in [4.69, 9.17) is 4.55 Å². The van der Waals surface area contributed by atoms with Gasteiger partial charge in [0.15, 0.2) is 0 Å². The van der Waals surface area contributed by atoms with Gasteiger partial charge in [-0.1, -0.05) is 110 Å². The van der Waals surface area contributed by atoms with Gasteiger partial charge in [0, 0.05) is 0 Å². The van der Waals surface area contributed by atoms with Crippen molar-refractivity contribution in [3.63, 3.8) is 0 Å². The van der Waals surface area contributed by atoms with Gasteiger partial charge in [-0.25, -0.2) is 0 Å². The van der Waals surface area contributed by atoms with Crippen LogP contribution >= 0.6 is 0 Å². The van der Waals surface area contributed by atoms with Crippen molar-refractivity contribution in [3.8, 4) is 0 Å². The quantitative estimate of drug-likeness (QED) is 0.154. The first-order valence-corrected chi connectivity index (χ1v) is 13.6. The fourth-order valence-corrected chi connectivity index (χ4v) is 4.74. The van der Waals surface area contributed by atoms with E-state index in [9.17, 15) is 13.5 Å². The Morgan fingerprint density at radius 1 is 0.607 bits per heavy atom. The van der Waals surface area contributed by atoms with Gasteiger partial charge >= 0.3 is 0 Å². The Hall–Kier alpha value is -0.130. The molecule has 4 nitrogen and oxygen atoms in total. The molecule has 0 heterocycles. The molecule has 2 unspecified atom stereocenters. The van der Waals surface area contributed by atoms with Crippen molar-refractivity contribution in [2.24, 2.45) is 0 Å². The van der Waals surface area contributed by atoms with E-state index < -0.39 is 15.4 Å². The normalized spacial score (nSPS) is 14.3. The zero-order valence-corrected chi connectivity index (χ0v) is 19.5. The van der Waals surface area contributed by atoms with Crippen LogP contribution in [0.25, 0.3) is 0 Å². The summed E-state index contributed by atoms with van der Waals surface area (Å²) in [6, 6.07) is 0. The summed E-state index contributed by atoms with van der Waals surface area (Å²) in [6.45, 7) is 4.06. The predicted molar refractivity (Wildman–Crippen MR) is 120 cm³/mol. The van der Waals surface area contributed by atoms with E-state index in [0.29, 0.717) is 12.8 Å². The SMILES string of the molecule is CCCCCCCCCCCCC(O)CCCCCCCC(CC)S(=O)(=O)O. The minimum atomic E-state index is -3.88. The molecule has 0 spiro atoms. The lowest BCUT2D eigenvalue weighted by Gasteiger charge is -2.12. The Morgan fingerprint density at radius 2 is 0.964 bits per heavy atom. The second-order valence-corrected chi connectivity index (χ2v) is 10.2. The van der Waals surface area contributed by atoms with Crippen molar-refractivity contribution in [3.05, 3.63) is 0 Å². The number of rotatable bonds is 21. The molecule has 28 heavy (non-hydrogen) atoms. The van der Waals surface area contributed by atoms with Crippen LogP contribution in [-0.4, -0.2) is 29.4 Å². The molecule has 2 N–H and O–H groups in total. The summed E-state index contributed by atoms with van der Waals surface area (Å²) in [5.41, 5.74) is 0. The van der Waals surface area contributed by atoms with Gasteiger partial charge in [-0.15, -0.1) is 0 Å². The molecule has 0 amide bonds. The third-order valence-corrected chi connectivity index (χ3v) is 7.24. The van der Waals surface area contributed by atoms with E-state index >= 15 is 0 Å². The lowest BCUT2D eigenvalue weighted by molar-refractivity contribution is 0.147. The molecule has 2 atom stereocenters. The molecule has 5 heteroatoms. The molecule has 0 aromatic heterocycles. The van der Waals surface area contributed by atoms with Crippen LogP contribution in [0.2, 0.25) is 0 Å². The Morgan fingerprint density at radius 3 is 1.32 bits per heavy atom. The number of unbranched alkanes of at least 4 members (excludes halogenated alkanes) is 13. The van der Waals surface area contributed by atoms with E-state index in [2.05, 4.69) is 6.92 Å². The van der Waals surface area contributed by atoms with Gasteiger partial charge in [-0.05, 0) is 25.7 Å². The molecule has 0 aromatic rings. The Balaban J connectivity index is 3.36. The third kappa shape index (κ3) is 17.9. The van der Waals surface area contributed by atoms with Gasteiger partial charge in [0.05, 0.1) is 11.4 Å². The Kier molecular flexibility index (Phi) is 18.8. The average molecular weight is 421 g/mol. The van der Waals surface area contributed by atoms with Gasteiger partial charge < -0.3 is 5.11 Å². The second kappa shape index (κ2) is 18.9. The topological polar surface area (TPSA) is 74.6 Å². The molecule has 0 radical (unpaired) electrons. The summed E-state index contributed by atoms with van der Waals surface area (Å²) in [5.74, 6) is 0. The van der Waals surface area contributed by atoms with Crippen LogP contribution in [0.4, 0.5) is 0 Å². The first-order chi connectivity index (χ1) is 13.4. The zero-order chi connectivity index (χ0) is 21.1. The van der Waals surface area contributed by atoms with Crippen molar-refractivity contribution in [2.75, 3.05) is 0 Å². The van der Waals surface area contributed by atoms with Gasteiger partial charge in [-0.2, -0.15) is 8.42 Å². The van der Waals surface area contributed by atoms with E-state index in [1.807, 2.05) is 0 Å². The van der Waals surface area contributed by atoms with Gasteiger partial charge in [-0.3, -0.25) is 4.55 Å². The maximum Gasteiger partial charge on any atom is 0.267 e.